The van der Waals surface area contributed by atoms with Crippen molar-refractivity contribution in [1.82, 2.24) is 9.55 Å². The van der Waals surface area contributed by atoms with Crippen LogP contribution >= 0.6 is 15.9 Å². The van der Waals surface area contributed by atoms with E-state index in [0.717, 1.165) is 23.1 Å². The van der Waals surface area contributed by atoms with Crippen LogP contribution in [-0.4, -0.2) is 9.55 Å². The Bertz CT molecular complexity index is 516. The number of halogens is 1. The van der Waals surface area contributed by atoms with Gasteiger partial charge in [0, 0.05) is 23.3 Å². The molecule has 0 aliphatic heterocycles. The summed E-state index contributed by atoms with van der Waals surface area (Å²) in [6, 6.07) is 8.39. The number of nitrogens with two attached hydrogens (primary N) is 1. The number of imidazole rings is 1. The number of rotatable bonds is 5. The van der Waals surface area contributed by atoms with E-state index in [0.29, 0.717) is 5.92 Å². The first-order valence-corrected chi connectivity index (χ1v) is 7.35. The molecule has 1 heterocycles. The summed E-state index contributed by atoms with van der Waals surface area (Å²) in [5.74, 6) is 0.589. The van der Waals surface area contributed by atoms with Crippen molar-refractivity contribution in [3.63, 3.8) is 0 Å². The van der Waals surface area contributed by atoms with E-state index in [1.165, 1.54) is 5.56 Å². The molecule has 0 fully saturated rings. The highest BCUT2D eigenvalue weighted by atomic mass is 79.9. The van der Waals surface area contributed by atoms with Crippen LogP contribution in [0.3, 0.4) is 0 Å². The summed E-state index contributed by atoms with van der Waals surface area (Å²) in [7, 11) is 0. The number of nitrogens with zero attached hydrogens (tertiary/aromatic N) is 2. The molecule has 0 amide bonds. The van der Waals surface area contributed by atoms with E-state index in [1.54, 1.807) is 0 Å². The first-order valence-electron chi connectivity index (χ1n) is 6.56. The van der Waals surface area contributed by atoms with Crippen LogP contribution in [-0.2, 0) is 6.54 Å². The first-order chi connectivity index (χ1) is 9.06. The molecule has 2 rings (SSSR count). The average Bonchev–Trinajstić information content (AvgIpc) is 2.79. The Hall–Kier alpha value is -1.13. The minimum Gasteiger partial charge on any atom is -0.329 e. The van der Waals surface area contributed by atoms with E-state index in [9.17, 15) is 0 Å². The third-order valence-corrected chi connectivity index (χ3v) is 3.64. The Balaban J connectivity index is 2.13. The molecule has 3 nitrogen and oxygen atoms in total. The van der Waals surface area contributed by atoms with E-state index >= 15 is 0 Å². The van der Waals surface area contributed by atoms with Crippen molar-refractivity contribution < 1.29 is 0 Å². The lowest BCUT2D eigenvalue weighted by molar-refractivity contribution is 0.488. The molecule has 0 spiro atoms. The second kappa shape index (κ2) is 6.35. The van der Waals surface area contributed by atoms with Crippen LogP contribution in [0.4, 0.5) is 0 Å². The summed E-state index contributed by atoms with van der Waals surface area (Å²) < 4.78 is 3.23. The number of aromatic nitrogens is 2. The fourth-order valence-corrected chi connectivity index (χ4v) is 2.45. The molecular weight excluding hydrogens is 302 g/mol. The summed E-state index contributed by atoms with van der Waals surface area (Å²) >= 11 is 3.45. The molecule has 0 bridgehead atoms. The molecule has 1 aromatic heterocycles. The molecule has 1 atom stereocenters. The van der Waals surface area contributed by atoms with Crippen LogP contribution in [0.5, 0.6) is 0 Å². The molecule has 2 aromatic rings. The normalized spacial score (nSPS) is 12.9. The minimum atomic E-state index is 0.0537. The first kappa shape index (κ1) is 14.3. The van der Waals surface area contributed by atoms with E-state index in [2.05, 4.69) is 63.6 Å². The lowest BCUT2D eigenvalue weighted by Crippen LogP contribution is -2.17. The second-order valence-corrected chi connectivity index (χ2v) is 6.22. The monoisotopic (exact) mass is 321 g/mol. The number of hydrogen-bond acceptors (Lipinski definition) is 2. The second-order valence-electron chi connectivity index (χ2n) is 5.31. The molecule has 0 aliphatic rings. The molecule has 0 aliphatic carbocycles. The van der Waals surface area contributed by atoms with Crippen molar-refractivity contribution in [1.29, 1.82) is 0 Å². The Morgan fingerprint density at radius 1 is 1.26 bits per heavy atom. The van der Waals surface area contributed by atoms with Crippen LogP contribution in [0.15, 0.2) is 41.3 Å². The molecule has 1 unspecified atom stereocenters. The third kappa shape index (κ3) is 3.91. The van der Waals surface area contributed by atoms with Crippen molar-refractivity contribution in [3.8, 4) is 0 Å². The van der Waals surface area contributed by atoms with Crippen LogP contribution < -0.4 is 5.73 Å². The van der Waals surface area contributed by atoms with Gasteiger partial charge in [0.25, 0.3) is 0 Å². The van der Waals surface area contributed by atoms with Gasteiger partial charge in [0.15, 0.2) is 0 Å². The summed E-state index contributed by atoms with van der Waals surface area (Å²) in [4.78, 5) is 4.24. The predicted octanol–water partition coefficient (Wildman–Crippen LogP) is 3.74. The maximum atomic E-state index is 6.25. The van der Waals surface area contributed by atoms with Crippen LogP contribution in [0, 0.1) is 5.92 Å². The Labute approximate surface area is 123 Å². The average molecular weight is 322 g/mol. The summed E-state index contributed by atoms with van der Waals surface area (Å²) in [5.41, 5.74) is 8.61. The molecule has 0 saturated heterocycles. The van der Waals surface area contributed by atoms with Gasteiger partial charge in [0.05, 0.1) is 12.0 Å². The molecule has 19 heavy (non-hydrogen) atoms. The Morgan fingerprint density at radius 3 is 2.58 bits per heavy atom. The van der Waals surface area contributed by atoms with Gasteiger partial charge >= 0.3 is 0 Å². The van der Waals surface area contributed by atoms with E-state index < -0.39 is 0 Å². The highest BCUT2D eigenvalue weighted by Gasteiger charge is 2.13. The largest absolute Gasteiger partial charge is 0.329 e. The van der Waals surface area contributed by atoms with Crippen molar-refractivity contribution in [2.45, 2.75) is 32.9 Å². The Morgan fingerprint density at radius 2 is 1.95 bits per heavy atom. The molecule has 1 aromatic carbocycles. The zero-order chi connectivity index (χ0) is 13.8. The highest BCUT2D eigenvalue weighted by Crippen LogP contribution is 2.19. The van der Waals surface area contributed by atoms with Crippen molar-refractivity contribution in [2.75, 3.05) is 0 Å². The van der Waals surface area contributed by atoms with Crippen LogP contribution in [0.25, 0.3) is 0 Å². The topological polar surface area (TPSA) is 43.8 Å². The van der Waals surface area contributed by atoms with Gasteiger partial charge in [0.1, 0.15) is 0 Å². The quantitative estimate of drug-likeness (QED) is 0.911. The number of benzene rings is 1. The van der Waals surface area contributed by atoms with E-state index in [-0.39, 0.29) is 6.04 Å². The van der Waals surface area contributed by atoms with E-state index in [4.69, 9.17) is 5.73 Å². The lowest BCUT2D eigenvalue weighted by atomic mass is 10.0. The maximum absolute atomic E-state index is 6.25. The standard InChI is InChI=1S/C15H20BrN3/c1-11(2)7-14(17)15-8-18-10-19(15)9-12-3-5-13(16)6-4-12/h3-6,8,10-11,14H,7,9,17H2,1-2H3. The molecule has 102 valence electrons. The van der Waals surface area contributed by atoms with Gasteiger partial charge in [-0.15, -0.1) is 0 Å². The highest BCUT2D eigenvalue weighted by molar-refractivity contribution is 9.10. The van der Waals surface area contributed by atoms with Gasteiger partial charge in [-0.3, -0.25) is 0 Å². The zero-order valence-corrected chi connectivity index (χ0v) is 13.0. The molecular formula is C15H20BrN3. The van der Waals surface area contributed by atoms with Gasteiger partial charge in [-0.05, 0) is 30.0 Å². The third-order valence-electron chi connectivity index (χ3n) is 3.12. The van der Waals surface area contributed by atoms with Gasteiger partial charge in [-0.1, -0.05) is 41.9 Å². The fourth-order valence-electron chi connectivity index (χ4n) is 2.19. The minimum absolute atomic E-state index is 0.0537. The predicted molar refractivity (Wildman–Crippen MR) is 81.9 cm³/mol. The van der Waals surface area contributed by atoms with Gasteiger partial charge in [-0.25, -0.2) is 4.98 Å². The number of hydrogen-bond donors (Lipinski definition) is 1. The molecule has 2 N–H and O–H groups in total. The smallest absolute Gasteiger partial charge is 0.0951 e. The van der Waals surface area contributed by atoms with Crippen LogP contribution in [0.1, 0.15) is 37.6 Å². The summed E-state index contributed by atoms with van der Waals surface area (Å²) in [5, 5.41) is 0. The van der Waals surface area contributed by atoms with Crippen molar-refractivity contribution >= 4 is 15.9 Å². The van der Waals surface area contributed by atoms with Gasteiger partial charge < -0.3 is 10.3 Å². The lowest BCUT2D eigenvalue weighted by Gasteiger charge is -2.16. The van der Waals surface area contributed by atoms with Gasteiger partial charge in [-0.2, -0.15) is 0 Å². The molecule has 4 heteroatoms. The van der Waals surface area contributed by atoms with Crippen LogP contribution in [0.2, 0.25) is 0 Å². The van der Waals surface area contributed by atoms with Crippen molar-refractivity contribution in [3.05, 3.63) is 52.5 Å². The molecule has 0 saturated carbocycles. The fraction of sp³-hybridized carbons (Fsp3) is 0.400. The van der Waals surface area contributed by atoms with E-state index in [1.807, 2.05) is 12.5 Å². The molecule has 0 radical (unpaired) electrons. The summed E-state index contributed by atoms with van der Waals surface area (Å²) in [6.45, 7) is 5.19. The Kier molecular flexibility index (Phi) is 4.77. The zero-order valence-electron chi connectivity index (χ0n) is 11.4. The SMILES string of the molecule is CC(C)CC(N)c1cncn1Cc1ccc(Br)cc1. The maximum Gasteiger partial charge on any atom is 0.0951 e. The summed E-state index contributed by atoms with van der Waals surface area (Å²) in [6.07, 6.45) is 4.72. The van der Waals surface area contributed by atoms with Gasteiger partial charge in [0.2, 0.25) is 0 Å². The van der Waals surface area contributed by atoms with Crippen molar-refractivity contribution in [2.24, 2.45) is 11.7 Å².